The first-order valence-corrected chi connectivity index (χ1v) is 7.88. The minimum Gasteiger partial charge on any atom is -0.490 e. The van der Waals surface area contributed by atoms with Gasteiger partial charge in [0.1, 0.15) is 18.1 Å². The van der Waals surface area contributed by atoms with Gasteiger partial charge in [-0.1, -0.05) is 17.3 Å². The summed E-state index contributed by atoms with van der Waals surface area (Å²) in [6.45, 7) is 3.68. The van der Waals surface area contributed by atoms with Gasteiger partial charge in [0.2, 0.25) is 0 Å². The standard InChI is InChI=1S/C17H24N4O3/c1-13-12-14(24-20-13)8-9-18-17(22)19-15-6-4-5-7-16(15)23-11-10-21(2)3/h4-7,12H,8-11H2,1-3H3,(H2,18,19,22). The fourth-order valence-electron chi connectivity index (χ4n) is 2.03. The van der Waals surface area contributed by atoms with E-state index in [0.29, 0.717) is 31.0 Å². The number of benzene rings is 1. The van der Waals surface area contributed by atoms with Crippen molar-refractivity contribution in [2.24, 2.45) is 0 Å². The first kappa shape index (κ1) is 17.8. The maximum Gasteiger partial charge on any atom is 0.319 e. The number of nitrogens with one attached hydrogen (secondary N) is 2. The van der Waals surface area contributed by atoms with Crippen molar-refractivity contribution < 1.29 is 14.1 Å². The van der Waals surface area contributed by atoms with Gasteiger partial charge < -0.3 is 24.8 Å². The molecule has 0 unspecified atom stereocenters. The first-order chi connectivity index (χ1) is 11.5. The zero-order valence-electron chi connectivity index (χ0n) is 14.3. The molecule has 0 aliphatic carbocycles. The van der Waals surface area contributed by atoms with Gasteiger partial charge in [0.05, 0.1) is 11.4 Å². The highest BCUT2D eigenvalue weighted by molar-refractivity contribution is 5.90. The van der Waals surface area contributed by atoms with Crippen LogP contribution in [0, 0.1) is 6.92 Å². The number of urea groups is 1. The lowest BCUT2D eigenvalue weighted by Crippen LogP contribution is -2.30. The number of hydrogen-bond donors (Lipinski definition) is 2. The Bertz CT molecular complexity index is 655. The molecule has 0 fully saturated rings. The van der Waals surface area contributed by atoms with Gasteiger partial charge in [-0.25, -0.2) is 4.79 Å². The molecule has 0 atom stereocenters. The number of para-hydroxylation sites is 2. The molecule has 0 saturated carbocycles. The lowest BCUT2D eigenvalue weighted by Gasteiger charge is -2.14. The summed E-state index contributed by atoms with van der Waals surface area (Å²) >= 11 is 0. The van der Waals surface area contributed by atoms with Crippen LogP contribution in [0.4, 0.5) is 10.5 Å². The van der Waals surface area contributed by atoms with Crippen molar-refractivity contribution in [3.05, 3.63) is 41.8 Å². The summed E-state index contributed by atoms with van der Waals surface area (Å²) in [7, 11) is 3.97. The van der Waals surface area contributed by atoms with Crippen molar-refractivity contribution in [3.8, 4) is 5.75 Å². The van der Waals surface area contributed by atoms with Crippen LogP contribution in [0.2, 0.25) is 0 Å². The van der Waals surface area contributed by atoms with E-state index in [2.05, 4.69) is 15.8 Å². The number of ether oxygens (including phenoxy) is 1. The van der Waals surface area contributed by atoms with Gasteiger partial charge in [0.25, 0.3) is 0 Å². The Kier molecular flexibility index (Phi) is 6.62. The van der Waals surface area contributed by atoms with Crippen LogP contribution in [0.15, 0.2) is 34.9 Å². The monoisotopic (exact) mass is 332 g/mol. The second kappa shape index (κ2) is 8.93. The third-order valence-corrected chi connectivity index (χ3v) is 3.27. The quantitative estimate of drug-likeness (QED) is 0.775. The summed E-state index contributed by atoms with van der Waals surface area (Å²) in [5, 5.41) is 9.41. The van der Waals surface area contributed by atoms with Crippen molar-refractivity contribution >= 4 is 11.7 Å². The van der Waals surface area contributed by atoms with Gasteiger partial charge in [0, 0.05) is 25.6 Å². The lowest BCUT2D eigenvalue weighted by atomic mass is 10.3. The number of aromatic nitrogens is 1. The SMILES string of the molecule is Cc1cc(CCNC(=O)Nc2ccccc2OCCN(C)C)on1. The van der Waals surface area contributed by atoms with Crippen LogP contribution in [0.3, 0.4) is 0 Å². The van der Waals surface area contributed by atoms with E-state index in [9.17, 15) is 4.79 Å². The van der Waals surface area contributed by atoms with Crippen LogP contribution in [0.1, 0.15) is 11.5 Å². The summed E-state index contributed by atoms with van der Waals surface area (Å²) in [5.74, 6) is 1.40. The van der Waals surface area contributed by atoms with Crippen molar-refractivity contribution in [1.82, 2.24) is 15.4 Å². The molecule has 0 aliphatic heterocycles. The number of carbonyl (C=O) groups excluding carboxylic acids is 1. The summed E-state index contributed by atoms with van der Waals surface area (Å²) in [6, 6.07) is 8.95. The fourth-order valence-corrected chi connectivity index (χ4v) is 2.03. The van der Waals surface area contributed by atoms with Crippen molar-refractivity contribution in [1.29, 1.82) is 0 Å². The third kappa shape index (κ3) is 5.92. The van der Waals surface area contributed by atoms with Gasteiger partial charge in [0.15, 0.2) is 0 Å². The molecule has 7 nitrogen and oxygen atoms in total. The van der Waals surface area contributed by atoms with E-state index >= 15 is 0 Å². The Hall–Kier alpha value is -2.54. The van der Waals surface area contributed by atoms with E-state index in [1.165, 1.54) is 0 Å². The van der Waals surface area contributed by atoms with Crippen LogP contribution in [-0.4, -0.2) is 49.9 Å². The Morgan fingerprint density at radius 3 is 2.83 bits per heavy atom. The smallest absolute Gasteiger partial charge is 0.319 e. The molecule has 0 spiro atoms. The molecule has 2 N–H and O–H groups in total. The van der Waals surface area contributed by atoms with Gasteiger partial charge in [-0.3, -0.25) is 0 Å². The number of rotatable bonds is 8. The second-order valence-corrected chi connectivity index (χ2v) is 5.71. The number of amides is 2. The molecule has 24 heavy (non-hydrogen) atoms. The van der Waals surface area contributed by atoms with Gasteiger partial charge in [-0.15, -0.1) is 0 Å². The number of hydrogen-bond acceptors (Lipinski definition) is 5. The summed E-state index contributed by atoms with van der Waals surface area (Å²) in [6.07, 6.45) is 0.593. The molecule has 0 radical (unpaired) electrons. The molecule has 1 aromatic heterocycles. The van der Waals surface area contributed by atoms with E-state index in [4.69, 9.17) is 9.26 Å². The van der Waals surface area contributed by atoms with Crippen LogP contribution >= 0.6 is 0 Å². The summed E-state index contributed by atoms with van der Waals surface area (Å²) in [5.41, 5.74) is 1.47. The molecular formula is C17H24N4O3. The van der Waals surface area contributed by atoms with E-state index in [-0.39, 0.29) is 6.03 Å². The molecular weight excluding hydrogens is 308 g/mol. The van der Waals surface area contributed by atoms with Crippen LogP contribution in [0.5, 0.6) is 5.75 Å². The second-order valence-electron chi connectivity index (χ2n) is 5.71. The summed E-state index contributed by atoms with van der Waals surface area (Å²) in [4.78, 5) is 14.0. The van der Waals surface area contributed by atoms with Gasteiger partial charge >= 0.3 is 6.03 Å². The van der Waals surface area contributed by atoms with Crippen LogP contribution in [0.25, 0.3) is 0 Å². The van der Waals surface area contributed by atoms with Crippen LogP contribution < -0.4 is 15.4 Å². The Labute approximate surface area is 142 Å². The molecule has 7 heteroatoms. The number of likely N-dealkylation sites (N-methyl/N-ethyl adjacent to an activating group) is 1. The molecule has 0 aliphatic rings. The zero-order valence-corrected chi connectivity index (χ0v) is 14.3. The molecule has 1 aromatic carbocycles. The maximum absolute atomic E-state index is 12.0. The largest absolute Gasteiger partial charge is 0.490 e. The zero-order chi connectivity index (χ0) is 17.4. The minimum absolute atomic E-state index is 0.283. The highest BCUT2D eigenvalue weighted by Crippen LogP contribution is 2.23. The lowest BCUT2D eigenvalue weighted by molar-refractivity contribution is 0.250. The Morgan fingerprint density at radius 1 is 1.33 bits per heavy atom. The average molecular weight is 332 g/mol. The molecule has 0 bridgehead atoms. The number of carbonyl (C=O) groups is 1. The topological polar surface area (TPSA) is 79.6 Å². The summed E-state index contributed by atoms with van der Waals surface area (Å²) < 4.78 is 10.8. The van der Waals surface area contributed by atoms with Crippen LogP contribution in [-0.2, 0) is 6.42 Å². The fraction of sp³-hybridized carbons (Fsp3) is 0.412. The normalized spacial score (nSPS) is 10.7. The van der Waals surface area contributed by atoms with Gasteiger partial charge in [-0.2, -0.15) is 0 Å². The molecule has 1 heterocycles. The Morgan fingerprint density at radius 2 is 2.12 bits per heavy atom. The maximum atomic E-state index is 12.0. The minimum atomic E-state index is -0.283. The first-order valence-electron chi connectivity index (χ1n) is 7.88. The molecule has 130 valence electrons. The number of aryl methyl sites for hydroxylation is 1. The van der Waals surface area contributed by atoms with Crippen molar-refractivity contribution in [2.75, 3.05) is 39.1 Å². The number of anilines is 1. The van der Waals surface area contributed by atoms with E-state index in [1.807, 2.05) is 56.3 Å². The van der Waals surface area contributed by atoms with Gasteiger partial charge in [-0.05, 0) is 33.2 Å². The number of nitrogens with zero attached hydrogens (tertiary/aromatic N) is 2. The molecule has 2 amide bonds. The van der Waals surface area contributed by atoms with E-state index in [0.717, 1.165) is 18.0 Å². The molecule has 2 rings (SSSR count). The highest BCUT2D eigenvalue weighted by atomic mass is 16.5. The average Bonchev–Trinajstić information content (AvgIpc) is 2.94. The molecule has 2 aromatic rings. The third-order valence-electron chi connectivity index (χ3n) is 3.27. The van der Waals surface area contributed by atoms with Crippen molar-refractivity contribution in [2.45, 2.75) is 13.3 Å². The highest BCUT2D eigenvalue weighted by Gasteiger charge is 2.08. The molecule has 0 saturated heterocycles. The van der Waals surface area contributed by atoms with E-state index in [1.54, 1.807) is 0 Å². The van der Waals surface area contributed by atoms with E-state index < -0.39 is 0 Å². The van der Waals surface area contributed by atoms with Crippen molar-refractivity contribution in [3.63, 3.8) is 0 Å². The predicted molar refractivity (Wildman–Crippen MR) is 92.5 cm³/mol. The Balaban J connectivity index is 1.80. The predicted octanol–water partition coefficient (Wildman–Crippen LogP) is 2.29.